The second kappa shape index (κ2) is 5.28. The molecule has 0 radical (unpaired) electrons. The van der Waals surface area contributed by atoms with E-state index >= 15 is 0 Å². The van der Waals surface area contributed by atoms with Crippen LogP contribution in [0.15, 0.2) is 34.9 Å². The van der Waals surface area contributed by atoms with Gasteiger partial charge >= 0.3 is 0 Å². The zero-order valence-corrected chi connectivity index (χ0v) is 10.9. The standard InChI is InChI=1S/C15H14N2O3/c18-12-5-3-6-13-11(12)8-14(20-13)15(19)17-9-10-4-1-2-7-16-10/h1-2,4,7-8H,3,5-6,9H2,(H,17,19). The van der Waals surface area contributed by atoms with E-state index < -0.39 is 0 Å². The number of nitrogens with one attached hydrogen (secondary N) is 1. The van der Waals surface area contributed by atoms with E-state index in [0.717, 1.165) is 12.1 Å². The minimum absolute atomic E-state index is 0.0544. The summed E-state index contributed by atoms with van der Waals surface area (Å²) in [4.78, 5) is 27.8. The smallest absolute Gasteiger partial charge is 0.287 e. The van der Waals surface area contributed by atoms with E-state index in [1.165, 1.54) is 0 Å². The minimum Gasteiger partial charge on any atom is -0.455 e. The SMILES string of the molecule is O=C(NCc1ccccn1)c1cc2c(o1)CCCC2=O. The number of hydrogen-bond donors (Lipinski definition) is 1. The minimum atomic E-state index is -0.321. The number of fused-ring (bicyclic) bond motifs is 1. The van der Waals surface area contributed by atoms with E-state index in [4.69, 9.17) is 4.42 Å². The molecule has 2 heterocycles. The topological polar surface area (TPSA) is 72.2 Å². The van der Waals surface area contributed by atoms with E-state index in [-0.39, 0.29) is 17.5 Å². The van der Waals surface area contributed by atoms with Crippen molar-refractivity contribution < 1.29 is 14.0 Å². The van der Waals surface area contributed by atoms with Crippen molar-refractivity contribution >= 4 is 11.7 Å². The average molecular weight is 270 g/mol. The molecule has 0 saturated carbocycles. The number of carbonyl (C=O) groups excluding carboxylic acids is 2. The van der Waals surface area contributed by atoms with Gasteiger partial charge in [0.1, 0.15) is 5.76 Å². The Bertz CT molecular complexity index is 646. The Morgan fingerprint density at radius 1 is 1.35 bits per heavy atom. The van der Waals surface area contributed by atoms with Gasteiger partial charge < -0.3 is 9.73 Å². The Balaban J connectivity index is 1.70. The highest BCUT2D eigenvalue weighted by molar-refractivity contribution is 6.01. The molecule has 0 spiro atoms. The van der Waals surface area contributed by atoms with Crippen molar-refractivity contribution in [1.82, 2.24) is 10.3 Å². The number of aromatic nitrogens is 1. The molecule has 2 aromatic rings. The number of pyridine rings is 1. The number of nitrogens with zero attached hydrogens (tertiary/aromatic N) is 1. The molecule has 2 aromatic heterocycles. The number of furan rings is 1. The lowest BCUT2D eigenvalue weighted by Gasteiger charge is -2.06. The molecular formula is C15H14N2O3. The van der Waals surface area contributed by atoms with Crippen molar-refractivity contribution in [2.75, 3.05) is 0 Å². The fraction of sp³-hybridized carbons (Fsp3) is 0.267. The molecule has 0 saturated heterocycles. The summed E-state index contributed by atoms with van der Waals surface area (Å²) in [5, 5.41) is 2.73. The van der Waals surface area contributed by atoms with Gasteiger partial charge in [0.25, 0.3) is 5.91 Å². The van der Waals surface area contributed by atoms with Crippen LogP contribution in [0.5, 0.6) is 0 Å². The molecule has 0 unspecified atom stereocenters. The fourth-order valence-corrected chi connectivity index (χ4v) is 2.27. The van der Waals surface area contributed by atoms with Crippen LogP contribution in [0.1, 0.15) is 45.2 Å². The van der Waals surface area contributed by atoms with Gasteiger partial charge in [0.15, 0.2) is 11.5 Å². The lowest BCUT2D eigenvalue weighted by molar-refractivity contribution is 0.0917. The van der Waals surface area contributed by atoms with E-state index in [2.05, 4.69) is 10.3 Å². The molecule has 5 heteroatoms. The lowest BCUT2D eigenvalue weighted by atomic mass is 9.97. The van der Waals surface area contributed by atoms with E-state index in [9.17, 15) is 9.59 Å². The van der Waals surface area contributed by atoms with Gasteiger partial charge in [-0.3, -0.25) is 14.6 Å². The largest absolute Gasteiger partial charge is 0.455 e. The van der Waals surface area contributed by atoms with Crippen molar-refractivity contribution in [3.05, 3.63) is 53.2 Å². The highest BCUT2D eigenvalue weighted by Crippen LogP contribution is 2.24. The quantitative estimate of drug-likeness (QED) is 0.927. The van der Waals surface area contributed by atoms with Crippen LogP contribution in [0, 0.1) is 0 Å². The summed E-state index contributed by atoms with van der Waals surface area (Å²) in [6, 6.07) is 7.05. The molecular weight excluding hydrogens is 256 g/mol. The molecule has 0 aromatic carbocycles. The van der Waals surface area contributed by atoms with Crippen LogP contribution in [0.4, 0.5) is 0 Å². The van der Waals surface area contributed by atoms with Crippen LogP contribution >= 0.6 is 0 Å². The Kier molecular flexibility index (Phi) is 3.33. The fourth-order valence-electron chi connectivity index (χ4n) is 2.27. The zero-order chi connectivity index (χ0) is 13.9. The molecule has 5 nitrogen and oxygen atoms in total. The molecule has 1 amide bonds. The molecule has 0 fully saturated rings. The third-order valence-electron chi connectivity index (χ3n) is 3.30. The molecule has 0 aliphatic heterocycles. The van der Waals surface area contributed by atoms with Crippen molar-refractivity contribution in [2.24, 2.45) is 0 Å². The molecule has 0 bridgehead atoms. The number of hydrogen-bond acceptors (Lipinski definition) is 4. The summed E-state index contributed by atoms with van der Waals surface area (Å²) in [6.07, 6.45) is 3.70. The first-order valence-corrected chi connectivity index (χ1v) is 6.58. The van der Waals surface area contributed by atoms with Gasteiger partial charge in [-0.2, -0.15) is 0 Å². The van der Waals surface area contributed by atoms with Gasteiger partial charge in [-0.15, -0.1) is 0 Å². The van der Waals surface area contributed by atoms with E-state index in [1.807, 2.05) is 18.2 Å². The Labute approximate surface area is 116 Å². The van der Waals surface area contributed by atoms with Crippen LogP contribution in [-0.2, 0) is 13.0 Å². The number of amides is 1. The maximum atomic E-state index is 12.0. The van der Waals surface area contributed by atoms with Crippen LogP contribution < -0.4 is 5.32 Å². The summed E-state index contributed by atoms with van der Waals surface area (Å²) >= 11 is 0. The Hall–Kier alpha value is -2.43. The third-order valence-corrected chi connectivity index (χ3v) is 3.30. The van der Waals surface area contributed by atoms with Crippen molar-refractivity contribution in [3.8, 4) is 0 Å². The molecule has 3 rings (SSSR count). The monoisotopic (exact) mass is 270 g/mol. The van der Waals surface area contributed by atoms with Crippen molar-refractivity contribution in [3.63, 3.8) is 0 Å². The predicted octanol–water partition coefficient (Wildman–Crippen LogP) is 2.12. The summed E-state index contributed by atoms with van der Waals surface area (Å²) in [5.41, 5.74) is 1.33. The maximum absolute atomic E-state index is 12.0. The Morgan fingerprint density at radius 2 is 2.25 bits per heavy atom. The van der Waals surface area contributed by atoms with E-state index in [1.54, 1.807) is 12.3 Å². The average Bonchev–Trinajstić information content (AvgIpc) is 2.91. The summed E-state index contributed by atoms with van der Waals surface area (Å²) in [5.74, 6) is 0.557. The number of ketones is 1. The molecule has 1 aliphatic rings. The van der Waals surface area contributed by atoms with Crippen LogP contribution in [0.3, 0.4) is 0 Å². The van der Waals surface area contributed by atoms with Crippen molar-refractivity contribution in [2.45, 2.75) is 25.8 Å². The highest BCUT2D eigenvalue weighted by Gasteiger charge is 2.24. The van der Waals surface area contributed by atoms with Gasteiger partial charge in [0.2, 0.25) is 0 Å². The highest BCUT2D eigenvalue weighted by atomic mass is 16.4. The number of aryl methyl sites for hydroxylation is 1. The lowest BCUT2D eigenvalue weighted by Crippen LogP contribution is -2.22. The normalized spacial score (nSPS) is 13.9. The maximum Gasteiger partial charge on any atom is 0.287 e. The molecule has 1 aliphatic carbocycles. The Morgan fingerprint density at radius 3 is 3.00 bits per heavy atom. The second-order valence-electron chi connectivity index (χ2n) is 4.73. The van der Waals surface area contributed by atoms with Gasteiger partial charge in [0, 0.05) is 25.1 Å². The van der Waals surface area contributed by atoms with Crippen molar-refractivity contribution in [1.29, 1.82) is 0 Å². The van der Waals surface area contributed by atoms with Crippen LogP contribution in [-0.4, -0.2) is 16.7 Å². The first kappa shape index (κ1) is 12.6. The van der Waals surface area contributed by atoms with Crippen LogP contribution in [0.25, 0.3) is 0 Å². The molecule has 0 atom stereocenters. The van der Waals surface area contributed by atoms with Gasteiger partial charge in [-0.1, -0.05) is 6.07 Å². The zero-order valence-electron chi connectivity index (χ0n) is 10.9. The summed E-state index contributed by atoms with van der Waals surface area (Å²) in [6.45, 7) is 0.332. The van der Waals surface area contributed by atoms with Gasteiger partial charge in [-0.05, 0) is 18.6 Å². The predicted molar refractivity (Wildman–Crippen MR) is 71.4 cm³/mol. The van der Waals surface area contributed by atoms with Gasteiger partial charge in [0.05, 0.1) is 17.8 Å². The van der Waals surface area contributed by atoms with Gasteiger partial charge in [-0.25, -0.2) is 0 Å². The summed E-state index contributed by atoms with van der Waals surface area (Å²) in [7, 11) is 0. The number of rotatable bonds is 3. The second-order valence-corrected chi connectivity index (χ2v) is 4.73. The summed E-state index contributed by atoms with van der Waals surface area (Å²) < 4.78 is 5.47. The molecule has 102 valence electrons. The van der Waals surface area contributed by atoms with Crippen LogP contribution in [0.2, 0.25) is 0 Å². The molecule has 1 N–H and O–H groups in total. The first-order valence-electron chi connectivity index (χ1n) is 6.58. The third kappa shape index (κ3) is 2.47. The number of Topliss-reactive ketones (excluding diaryl/α,β-unsaturated/α-hetero) is 1. The van der Waals surface area contributed by atoms with E-state index in [0.29, 0.717) is 30.7 Å². The number of carbonyl (C=O) groups is 2. The molecule has 20 heavy (non-hydrogen) atoms. The first-order chi connectivity index (χ1) is 9.74.